The molecule has 0 spiro atoms. The summed E-state index contributed by atoms with van der Waals surface area (Å²) in [6, 6.07) is 3.55. The molecule has 2 nitrogen and oxygen atoms in total. The minimum Gasteiger partial charge on any atom is -0.508 e. The van der Waals surface area contributed by atoms with Gasteiger partial charge >= 0.3 is 0 Å². The SMILES string of the molecule is CCc1cc(O)c(CC2=C(C)CC(C)(C)CC2)c(O)c1. The standard InChI is InChI=1S/C18H26O2/c1-5-13-8-16(19)15(17(20)9-13)10-14-6-7-18(3,4)11-12(14)2/h8-9,19-20H,5-7,10-11H2,1-4H3. The lowest BCUT2D eigenvalue weighted by Crippen LogP contribution is -2.18. The molecule has 2 rings (SSSR count). The smallest absolute Gasteiger partial charge is 0.123 e. The molecule has 0 aromatic heterocycles. The Hall–Kier alpha value is -1.44. The van der Waals surface area contributed by atoms with E-state index in [4.69, 9.17) is 0 Å². The van der Waals surface area contributed by atoms with Crippen molar-refractivity contribution in [2.24, 2.45) is 5.41 Å². The Morgan fingerprint density at radius 3 is 2.25 bits per heavy atom. The van der Waals surface area contributed by atoms with Crippen LogP contribution < -0.4 is 0 Å². The van der Waals surface area contributed by atoms with E-state index in [1.54, 1.807) is 12.1 Å². The Morgan fingerprint density at radius 1 is 1.15 bits per heavy atom. The molecule has 0 amide bonds. The summed E-state index contributed by atoms with van der Waals surface area (Å²) >= 11 is 0. The zero-order valence-electron chi connectivity index (χ0n) is 13.1. The first-order valence-electron chi connectivity index (χ1n) is 7.53. The van der Waals surface area contributed by atoms with Crippen LogP contribution in [0.3, 0.4) is 0 Å². The van der Waals surface area contributed by atoms with Crippen molar-refractivity contribution in [1.82, 2.24) is 0 Å². The third-order valence-electron chi connectivity index (χ3n) is 4.51. The molecule has 2 N–H and O–H groups in total. The summed E-state index contributed by atoms with van der Waals surface area (Å²) in [4.78, 5) is 0. The van der Waals surface area contributed by atoms with Crippen LogP contribution in [0.2, 0.25) is 0 Å². The fraction of sp³-hybridized carbons (Fsp3) is 0.556. The quantitative estimate of drug-likeness (QED) is 0.782. The summed E-state index contributed by atoms with van der Waals surface area (Å²) in [5, 5.41) is 20.3. The molecule has 1 aliphatic rings. The van der Waals surface area contributed by atoms with Gasteiger partial charge in [0.2, 0.25) is 0 Å². The van der Waals surface area contributed by atoms with E-state index in [-0.39, 0.29) is 11.5 Å². The number of rotatable bonds is 3. The van der Waals surface area contributed by atoms with Crippen LogP contribution in [0.4, 0.5) is 0 Å². The van der Waals surface area contributed by atoms with Gasteiger partial charge in [0.15, 0.2) is 0 Å². The van der Waals surface area contributed by atoms with E-state index in [1.807, 2.05) is 6.92 Å². The molecule has 0 saturated heterocycles. The van der Waals surface area contributed by atoms with Crippen molar-refractivity contribution < 1.29 is 10.2 Å². The van der Waals surface area contributed by atoms with Crippen molar-refractivity contribution in [3.63, 3.8) is 0 Å². The Morgan fingerprint density at radius 2 is 1.75 bits per heavy atom. The molecule has 0 saturated carbocycles. The van der Waals surface area contributed by atoms with Crippen LogP contribution in [0.5, 0.6) is 11.5 Å². The minimum absolute atomic E-state index is 0.229. The maximum absolute atomic E-state index is 10.1. The molecule has 0 unspecified atom stereocenters. The summed E-state index contributed by atoms with van der Waals surface area (Å²) in [5.74, 6) is 0.457. The highest BCUT2D eigenvalue weighted by Crippen LogP contribution is 2.41. The molecule has 0 aliphatic heterocycles. The third-order valence-corrected chi connectivity index (χ3v) is 4.51. The second-order valence-electron chi connectivity index (χ2n) is 6.87. The number of aryl methyl sites for hydroxylation is 1. The monoisotopic (exact) mass is 274 g/mol. The van der Waals surface area contributed by atoms with E-state index in [1.165, 1.54) is 17.6 Å². The Kier molecular flexibility index (Phi) is 4.12. The van der Waals surface area contributed by atoms with Crippen LogP contribution in [0.15, 0.2) is 23.3 Å². The van der Waals surface area contributed by atoms with Gasteiger partial charge < -0.3 is 10.2 Å². The Bertz CT molecular complexity index is 515. The zero-order valence-corrected chi connectivity index (χ0v) is 13.1. The second kappa shape index (κ2) is 5.51. The molecule has 2 heteroatoms. The van der Waals surface area contributed by atoms with E-state index in [0.717, 1.165) is 24.8 Å². The fourth-order valence-corrected chi connectivity index (χ4v) is 3.17. The molecule has 0 radical (unpaired) electrons. The highest BCUT2D eigenvalue weighted by atomic mass is 16.3. The molecular weight excluding hydrogens is 248 g/mol. The van der Waals surface area contributed by atoms with Gasteiger partial charge in [-0.2, -0.15) is 0 Å². The molecule has 110 valence electrons. The maximum Gasteiger partial charge on any atom is 0.123 e. The van der Waals surface area contributed by atoms with Gasteiger partial charge in [0.05, 0.1) is 0 Å². The molecule has 0 atom stereocenters. The largest absolute Gasteiger partial charge is 0.508 e. The molecule has 0 heterocycles. The fourth-order valence-electron chi connectivity index (χ4n) is 3.17. The summed E-state index contributed by atoms with van der Waals surface area (Å²) < 4.78 is 0. The Labute approximate surface area is 122 Å². The number of benzene rings is 1. The van der Waals surface area contributed by atoms with Crippen LogP contribution in [0.25, 0.3) is 0 Å². The molecule has 1 aromatic rings. The minimum atomic E-state index is 0.229. The molecule has 0 fully saturated rings. The molecule has 1 aromatic carbocycles. The zero-order chi connectivity index (χ0) is 14.9. The van der Waals surface area contributed by atoms with Crippen LogP contribution in [-0.4, -0.2) is 10.2 Å². The average molecular weight is 274 g/mol. The topological polar surface area (TPSA) is 40.5 Å². The lowest BCUT2D eigenvalue weighted by Gasteiger charge is -2.32. The van der Waals surface area contributed by atoms with E-state index in [2.05, 4.69) is 20.8 Å². The normalized spacial score (nSPS) is 18.4. The van der Waals surface area contributed by atoms with E-state index < -0.39 is 0 Å². The number of phenolic OH excluding ortho intramolecular Hbond substituents is 2. The predicted molar refractivity (Wildman–Crippen MR) is 83.2 cm³/mol. The molecule has 0 bridgehead atoms. The summed E-state index contributed by atoms with van der Waals surface area (Å²) in [7, 11) is 0. The van der Waals surface area contributed by atoms with E-state index >= 15 is 0 Å². The van der Waals surface area contributed by atoms with Gasteiger partial charge in [0, 0.05) is 12.0 Å². The van der Waals surface area contributed by atoms with Crippen molar-refractivity contribution in [2.75, 3.05) is 0 Å². The predicted octanol–water partition coefficient (Wildman–Crippen LogP) is 4.73. The van der Waals surface area contributed by atoms with Crippen molar-refractivity contribution >= 4 is 0 Å². The maximum atomic E-state index is 10.1. The number of aromatic hydroxyl groups is 2. The van der Waals surface area contributed by atoms with Gasteiger partial charge in [0.1, 0.15) is 11.5 Å². The number of phenols is 2. The van der Waals surface area contributed by atoms with Gasteiger partial charge in [-0.1, -0.05) is 31.9 Å². The van der Waals surface area contributed by atoms with Gasteiger partial charge in [-0.15, -0.1) is 0 Å². The van der Waals surface area contributed by atoms with Gasteiger partial charge in [-0.3, -0.25) is 0 Å². The highest BCUT2D eigenvalue weighted by Gasteiger charge is 2.25. The van der Waals surface area contributed by atoms with Crippen molar-refractivity contribution in [2.45, 2.75) is 59.8 Å². The summed E-state index contributed by atoms with van der Waals surface area (Å²) in [6.07, 6.45) is 4.83. The van der Waals surface area contributed by atoms with Crippen molar-refractivity contribution in [3.8, 4) is 11.5 Å². The summed E-state index contributed by atoms with van der Waals surface area (Å²) in [5.41, 5.74) is 4.82. The first-order valence-corrected chi connectivity index (χ1v) is 7.53. The van der Waals surface area contributed by atoms with Crippen molar-refractivity contribution in [3.05, 3.63) is 34.4 Å². The van der Waals surface area contributed by atoms with Crippen LogP contribution in [0, 0.1) is 5.41 Å². The number of hydrogen-bond acceptors (Lipinski definition) is 2. The Balaban J connectivity index is 2.27. The summed E-state index contributed by atoms with van der Waals surface area (Å²) in [6.45, 7) is 8.81. The van der Waals surface area contributed by atoms with Crippen molar-refractivity contribution in [1.29, 1.82) is 0 Å². The lowest BCUT2D eigenvalue weighted by atomic mass is 9.73. The van der Waals surface area contributed by atoms with Crippen LogP contribution in [-0.2, 0) is 12.8 Å². The van der Waals surface area contributed by atoms with Crippen LogP contribution >= 0.6 is 0 Å². The second-order valence-corrected chi connectivity index (χ2v) is 6.87. The average Bonchev–Trinajstić information content (AvgIpc) is 2.35. The molecule has 20 heavy (non-hydrogen) atoms. The van der Waals surface area contributed by atoms with E-state index in [0.29, 0.717) is 17.4 Å². The van der Waals surface area contributed by atoms with Gasteiger partial charge in [-0.05, 0) is 55.7 Å². The lowest BCUT2D eigenvalue weighted by molar-refractivity contribution is 0.311. The molecular formula is C18H26O2. The highest BCUT2D eigenvalue weighted by molar-refractivity contribution is 5.49. The van der Waals surface area contributed by atoms with Gasteiger partial charge in [-0.25, -0.2) is 0 Å². The first kappa shape index (κ1) is 15.0. The number of hydrogen-bond donors (Lipinski definition) is 2. The van der Waals surface area contributed by atoms with E-state index in [9.17, 15) is 10.2 Å². The third kappa shape index (κ3) is 3.17. The first-order chi connectivity index (χ1) is 9.32. The van der Waals surface area contributed by atoms with Gasteiger partial charge in [0.25, 0.3) is 0 Å². The molecule has 1 aliphatic carbocycles. The number of allylic oxidation sites excluding steroid dienone is 2. The van der Waals surface area contributed by atoms with Crippen LogP contribution in [0.1, 0.15) is 58.1 Å².